The van der Waals surface area contributed by atoms with Crippen molar-refractivity contribution in [3.8, 4) is 0 Å². The lowest BCUT2D eigenvalue weighted by molar-refractivity contribution is -0.826. The van der Waals surface area contributed by atoms with Crippen LogP contribution in [0.15, 0.2) is 0 Å². The maximum atomic E-state index is 10.2. The molecule has 0 rings (SSSR count). The summed E-state index contributed by atoms with van der Waals surface area (Å²) in [4.78, 5) is 0. The van der Waals surface area contributed by atoms with Crippen LogP contribution in [0.4, 0.5) is 0 Å². The van der Waals surface area contributed by atoms with E-state index in [1.165, 1.54) is 0 Å². The van der Waals surface area contributed by atoms with Gasteiger partial charge in [-0.05, 0) is 6.42 Å². The van der Waals surface area contributed by atoms with E-state index >= 15 is 0 Å². The van der Waals surface area contributed by atoms with Gasteiger partial charge in [-0.25, -0.2) is 0 Å². The van der Waals surface area contributed by atoms with E-state index in [0.29, 0.717) is 5.06 Å². The van der Waals surface area contributed by atoms with Gasteiger partial charge in [-0.3, -0.25) is 0 Å². The Bertz CT molecular complexity index is 37.1. The van der Waals surface area contributed by atoms with Crippen LogP contribution in [0.3, 0.4) is 0 Å². The summed E-state index contributed by atoms with van der Waals surface area (Å²) in [5.41, 5.74) is 0. The van der Waals surface area contributed by atoms with Gasteiger partial charge < -0.3 is 10.3 Å². The Morgan fingerprint density at radius 1 is 1.57 bits per heavy atom. The highest BCUT2D eigenvalue weighted by molar-refractivity contribution is 4.26. The Labute approximate surface area is 44.7 Å². The van der Waals surface area contributed by atoms with Crippen molar-refractivity contribution in [2.75, 3.05) is 13.6 Å². The molecule has 0 bridgehead atoms. The number of hydroxylamine groups is 2. The zero-order chi connectivity index (χ0) is 5.70. The monoisotopic (exact) mass is 103 g/mol. The minimum Gasteiger partial charge on any atom is -0.634 e. The SMILES string of the molecule is CCCC[NH+](C)[O-]. The number of quaternary nitrogens is 1. The first-order valence-corrected chi connectivity index (χ1v) is 2.76. The third-order valence-electron chi connectivity index (χ3n) is 0.882. The summed E-state index contributed by atoms with van der Waals surface area (Å²) in [7, 11) is 1.63. The molecule has 0 spiro atoms. The normalized spacial score (nSPS) is 14.1. The van der Waals surface area contributed by atoms with E-state index in [1.54, 1.807) is 7.05 Å². The predicted molar refractivity (Wildman–Crippen MR) is 30.0 cm³/mol. The summed E-state index contributed by atoms with van der Waals surface area (Å²) in [6.07, 6.45) is 2.18. The van der Waals surface area contributed by atoms with Crippen LogP contribution in [0.1, 0.15) is 19.8 Å². The Kier molecular flexibility index (Phi) is 4.04. The van der Waals surface area contributed by atoms with Crippen molar-refractivity contribution in [2.45, 2.75) is 19.8 Å². The molecule has 0 saturated heterocycles. The molecule has 2 heteroatoms. The van der Waals surface area contributed by atoms with Crippen molar-refractivity contribution in [1.29, 1.82) is 0 Å². The van der Waals surface area contributed by atoms with Crippen LogP contribution in [0, 0.1) is 5.21 Å². The number of rotatable bonds is 3. The van der Waals surface area contributed by atoms with Crippen molar-refractivity contribution < 1.29 is 5.06 Å². The Morgan fingerprint density at radius 2 is 2.14 bits per heavy atom. The molecule has 0 aliphatic rings. The van der Waals surface area contributed by atoms with Crippen molar-refractivity contribution >= 4 is 0 Å². The first kappa shape index (κ1) is 6.92. The molecular weight excluding hydrogens is 90.1 g/mol. The molecule has 0 aliphatic heterocycles. The van der Waals surface area contributed by atoms with Crippen LogP contribution < -0.4 is 5.06 Å². The fraction of sp³-hybridized carbons (Fsp3) is 1.00. The summed E-state index contributed by atoms with van der Waals surface area (Å²) < 4.78 is 0. The number of nitrogens with one attached hydrogen (secondary N) is 1. The summed E-state index contributed by atoms with van der Waals surface area (Å²) >= 11 is 0. The average molecular weight is 103 g/mol. The van der Waals surface area contributed by atoms with E-state index in [1.807, 2.05) is 0 Å². The first-order valence-electron chi connectivity index (χ1n) is 2.76. The second kappa shape index (κ2) is 4.09. The topological polar surface area (TPSA) is 27.5 Å². The van der Waals surface area contributed by atoms with Crippen molar-refractivity contribution in [1.82, 2.24) is 0 Å². The predicted octanol–water partition coefficient (Wildman–Crippen LogP) is -0.201. The molecule has 1 N–H and O–H groups in total. The van der Waals surface area contributed by atoms with Gasteiger partial charge in [-0.15, -0.1) is 0 Å². The zero-order valence-corrected chi connectivity index (χ0v) is 5.03. The second-order valence-electron chi connectivity index (χ2n) is 1.81. The minimum atomic E-state index is 0.307. The summed E-state index contributed by atoms with van der Waals surface area (Å²) in [6.45, 7) is 2.85. The third kappa shape index (κ3) is 5.92. The molecule has 0 amide bonds. The maximum absolute atomic E-state index is 10.2. The van der Waals surface area contributed by atoms with Crippen LogP contribution in [-0.2, 0) is 0 Å². The van der Waals surface area contributed by atoms with Gasteiger partial charge in [0.1, 0.15) is 0 Å². The lowest BCUT2D eigenvalue weighted by Crippen LogP contribution is -3.03. The summed E-state index contributed by atoms with van der Waals surface area (Å²) in [5.74, 6) is 0. The second-order valence-corrected chi connectivity index (χ2v) is 1.81. The Morgan fingerprint density at radius 3 is 2.29 bits per heavy atom. The molecule has 0 aliphatic carbocycles. The van der Waals surface area contributed by atoms with Crippen LogP contribution in [0.25, 0.3) is 0 Å². The number of unbranched alkanes of at least 4 members (excludes halogenated alkanes) is 1. The third-order valence-corrected chi connectivity index (χ3v) is 0.882. The highest BCUT2D eigenvalue weighted by Gasteiger charge is 1.82. The summed E-state index contributed by atoms with van der Waals surface area (Å²) in [6, 6.07) is 0. The molecule has 0 aromatic heterocycles. The Balaban J connectivity index is 2.68. The number of hydrogen-bond donors (Lipinski definition) is 1. The molecule has 0 radical (unpaired) electrons. The van der Waals surface area contributed by atoms with Gasteiger partial charge in [0, 0.05) is 0 Å². The minimum absolute atomic E-state index is 0.307. The standard InChI is InChI=1S/C5H13NO/c1-3-4-5-6(2)7/h6H,3-5H2,1-2H3. The lowest BCUT2D eigenvalue weighted by Gasteiger charge is -2.14. The van der Waals surface area contributed by atoms with Gasteiger partial charge in [0.2, 0.25) is 0 Å². The quantitative estimate of drug-likeness (QED) is 0.492. The van der Waals surface area contributed by atoms with Crippen LogP contribution in [-0.4, -0.2) is 13.6 Å². The molecule has 0 saturated carbocycles. The van der Waals surface area contributed by atoms with Crippen molar-refractivity contribution in [3.05, 3.63) is 5.21 Å². The van der Waals surface area contributed by atoms with Gasteiger partial charge in [0.15, 0.2) is 0 Å². The zero-order valence-electron chi connectivity index (χ0n) is 5.03. The molecule has 2 nitrogen and oxygen atoms in total. The van der Waals surface area contributed by atoms with Gasteiger partial charge in [-0.2, -0.15) is 0 Å². The molecule has 0 aromatic carbocycles. The molecule has 0 heterocycles. The molecule has 0 aromatic rings. The van der Waals surface area contributed by atoms with Crippen LogP contribution in [0.5, 0.6) is 0 Å². The van der Waals surface area contributed by atoms with E-state index in [2.05, 4.69) is 6.92 Å². The van der Waals surface area contributed by atoms with E-state index in [4.69, 9.17) is 0 Å². The highest BCUT2D eigenvalue weighted by Crippen LogP contribution is 1.77. The van der Waals surface area contributed by atoms with E-state index in [-0.39, 0.29) is 0 Å². The van der Waals surface area contributed by atoms with Crippen molar-refractivity contribution in [2.24, 2.45) is 0 Å². The largest absolute Gasteiger partial charge is 0.634 e. The van der Waals surface area contributed by atoms with E-state index in [0.717, 1.165) is 19.4 Å². The molecule has 44 valence electrons. The molecule has 1 unspecified atom stereocenters. The fourth-order valence-corrected chi connectivity index (χ4v) is 0.426. The molecule has 7 heavy (non-hydrogen) atoms. The van der Waals surface area contributed by atoms with Crippen LogP contribution >= 0.6 is 0 Å². The van der Waals surface area contributed by atoms with Crippen molar-refractivity contribution in [3.63, 3.8) is 0 Å². The van der Waals surface area contributed by atoms with Gasteiger partial charge in [-0.1, -0.05) is 13.3 Å². The molecule has 1 atom stereocenters. The van der Waals surface area contributed by atoms with E-state index in [9.17, 15) is 5.21 Å². The molecular formula is C5H13NO. The van der Waals surface area contributed by atoms with Crippen LogP contribution in [0.2, 0.25) is 0 Å². The highest BCUT2D eigenvalue weighted by atomic mass is 16.5. The lowest BCUT2D eigenvalue weighted by atomic mass is 10.3. The summed E-state index contributed by atoms with van der Waals surface area (Å²) in [5, 5.41) is 10.5. The van der Waals surface area contributed by atoms with Gasteiger partial charge in [0.05, 0.1) is 13.6 Å². The fourth-order valence-electron chi connectivity index (χ4n) is 0.426. The van der Waals surface area contributed by atoms with E-state index < -0.39 is 0 Å². The number of hydrogen-bond acceptors (Lipinski definition) is 1. The first-order chi connectivity index (χ1) is 3.27. The molecule has 0 fully saturated rings. The van der Waals surface area contributed by atoms with Gasteiger partial charge >= 0.3 is 0 Å². The maximum Gasteiger partial charge on any atom is 0.0766 e. The average Bonchev–Trinajstić information content (AvgIpc) is 1.61. The smallest absolute Gasteiger partial charge is 0.0766 e. The van der Waals surface area contributed by atoms with Gasteiger partial charge in [0.25, 0.3) is 0 Å². The Hall–Kier alpha value is -0.0800.